The molecule has 0 atom stereocenters. The molecule has 0 spiro atoms. The molecule has 0 bridgehead atoms. The maximum atomic E-state index is 9.58. The molecule has 1 aliphatic rings. The number of thioether (sulfide) groups is 1. The molecule has 0 saturated carbocycles. The van der Waals surface area contributed by atoms with Crippen LogP contribution in [-0.2, 0) is 4.75 Å². The summed E-state index contributed by atoms with van der Waals surface area (Å²) in [5.41, 5.74) is 1.75. The third-order valence-corrected chi connectivity index (χ3v) is 6.50. The number of phenolic OH excluding ortho intramolecular Hbond substituents is 2. The van der Waals surface area contributed by atoms with Crippen LogP contribution in [0.5, 0.6) is 11.5 Å². The van der Waals surface area contributed by atoms with Crippen LogP contribution in [0.25, 0.3) is 11.3 Å². The van der Waals surface area contributed by atoms with Crippen molar-refractivity contribution in [2.75, 3.05) is 0 Å². The summed E-state index contributed by atoms with van der Waals surface area (Å²) in [5.74, 6) is -0.193. The molecule has 3 rings (SSSR count). The Morgan fingerprint density at radius 1 is 1.24 bits per heavy atom. The van der Waals surface area contributed by atoms with Crippen LogP contribution >= 0.6 is 11.8 Å². The van der Waals surface area contributed by atoms with Gasteiger partial charge in [-0.1, -0.05) is 0 Å². The van der Waals surface area contributed by atoms with Gasteiger partial charge in [-0.15, -0.1) is 0 Å². The molecule has 0 aliphatic carbocycles. The van der Waals surface area contributed by atoms with Gasteiger partial charge in [0.2, 0.25) is 0 Å². The van der Waals surface area contributed by atoms with Crippen molar-refractivity contribution >= 4 is 26.5 Å². The van der Waals surface area contributed by atoms with E-state index >= 15 is 0 Å². The van der Waals surface area contributed by atoms with Crippen LogP contribution in [0.3, 0.4) is 0 Å². The van der Waals surface area contributed by atoms with Gasteiger partial charge in [-0.2, -0.15) is 0 Å². The Hall–Kier alpha value is -0.971. The number of aromatic nitrogens is 2. The fourth-order valence-electron chi connectivity index (χ4n) is 1.91. The molecule has 2 aromatic rings. The molecule has 1 aliphatic heterocycles. The summed E-state index contributed by atoms with van der Waals surface area (Å²) >= 11 is 1.73. The normalized spacial score (nSPS) is 16.4. The van der Waals surface area contributed by atoms with Gasteiger partial charge in [0.05, 0.1) is 0 Å². The minimum absolute atomic E-state index is 0.0464. The van der Waals surface area contributed by atoms with Crippen molar-refractivity contribution < 1.29 is 10.2 Å². The molecule has 2 N–H and O–H groups in total. The molecule has 88 valence electrons. The van der Waals surface area contributed by atoms with Crippen molar-refractivity contribution in [1.29, 1.82) is 0 Å². The molecular weight excluding hydrogens is 303 g/mol. The topological polar surface area (TPSA) is 66.2 Å². The summed E-state index contributed by atoms with van der Waals surface area (Å²) in [6.45, 7) is 4.27. The Bertz CT molecular complexity index is 610. The van der Waals surface area contributed by atoms with E-state index in [1.165, 1.54) is 4.44 Å². The molecule has 17 heavy (non-hydrogen) atoms. The first kappa shape index (κ1) is 11.1. The molecule has 0 unspecified atom stereocenters. The molecule has 4 nitrogen and oxygen atoms in total. The average molecular weight is 313 g/mol. The van der Waals surface area contributed by atoms with E-state index in [1.807, 2.05) is 0 Å². The minimum atomic E-state index is -0.106. The summed E-state index contributed by atoms with van der Waals surface area (Å²) in [6, 6.07) is 3.17. The zero-order chi connectivity index (χ0) is 12.2. The van der Waals surface area contributed by atoms with Gasteiger partial charge in [0.1, 0.15) is 0 Å². The fourth-order valence-corrected chi connectivity index (χ4v) is 4.93. The van der Waals surface area contributed by atoms with E-state index in [0.29, 0.717) is 0 Å². The predicted molar refractivity (Wildman–Crippen MR) is 66.6 cm³/mol. The van der Waals surface area contributed by atoms with E-state index in [2.05, 4.69) is 23.0 Å². The van der Waals surface area contributed by atoms with Gasteiger partial charge < -0.3 is 0 Å². The number of aromatic hydroxyl groups is 2. The Kier molecular flexibility index (Phi) is 2.30. The number of hydrogen-bond donors (Lipinski definition) is 2. The van der Waals surface area contributed by atoms with E-state index in [1.54, 1.807) is 23.9 Å². The van der Waals surface area contributed by atoms with Gasteiger partial charge in [-0.3, -0.25) is 0 Å². The number of fused-ring (bicyclic) bond motifs is 3. The van der Waals surface area contributed by atoms with Crippen molar-refractivity contribution in [3.05, 3.63) is 16.6 Å². The second-order valence-electron chi connectivity index (χ2n) is 4.40. The van der Waals surface area contributed by atoms with Crippen LogP contribution < -0.4 is 0 Å². The zero-order valence-corrected chi connectivity index (χ0v) is 11.8. The molecule has 0 amide bonds. The first-order valence-electron chi connectivity index (χ1n) is 5.07. The van der Waals surface area contributed by atoms with Crippen molar-refractivity contribution in [3.8, 4) is 22.8 Å². The Labute approximate surface area is 109 Å². The molecular formula is C11H10N2O2SSe. The molecule has 0 fully saturated rings. The SMILES string of the molecule is CC1(C)Sc2cc(O)c(O)cc2-c2nn[se]c21. The third kappa shape index (κ3) is 1.59. The summed E-state index contributed by atoms with van der Waals surface area (Å²) in [6.07, 6.45) is 0. The summed E-state index contributed by atoms with van der Waals surface area (Å²) in [5, 5.41) is 23.3. The summed E-state index contributed by atoms with van der Waals surface area (Å²) in [7, 11) is 0. The number of nitrogens with zero attached hydrogens (tertiary/aromatic N) is 2. The number of benzene rings is 1. The number of phenols is 2. The monoisotopic (exact) mass is 314 g/mol. The van der Waals surface area contributed by atoms with Crippen molar-refractivity contribution in [2.45, 2.75) is 23.5 Å². The van der Waals surface area contributed by atoms with Gasteiger partial charge >= 0.3 is 109 Å². The second kappa shape index (κ2) is 3.51. The summed E-state index contributed by atoms with van der Waals surface area (Å²) < 4.78 is 5.33. The van der Waals surface area contributed by atoms with E-state index in [0.717, 1.165) is 16.2 Å². The molecule has 0 radical (unpaired) electrons. The molecule has 0 saturated heterocycles. The summed E-state index contributed by atoms with van der Waals surface area (Å²) in [4.78, 5) is 0.945. The first-order valence-corrected chi connectivity index (χ1v) is 7.51. The van der Waals surface area contributed by atoms with Crippen LogP contribution in [0.2, 0.25) is 0 Å². The number of hydrogen-bond acceptors (Lipinski definition) is 5. The van der Waals surface area contributed by atoms with Gasteiger partial charge in [-0.05, 0) is 0 Å². The van der Waals surface area contributed by atoms with Crippen LogP contribution in [0, 0.1) is 0 Å². The van der Waals surface area contributed by atoms with Crippen molar-refractivity contribution in [1.82, 2.24) is 9.19 Å². The van der Waals surface area contributed by atoms with E-state index in [-0.39, 0.29) is 31.0 Å². The van der Waals surface area contributed by atoms with Crippen LogP contribution in [0.15, 0.2) is 17.0 Å². The average Bonchev–Trinajstić information content (AvgIpc) is 2.71. The van der Waals surface area contributed by atoms with Crippen molar-refractivity contribution in [2.24, 2.45) is 0 Å². The number of rotatable bonds is 0. The van der Waals surface area contributed by atoms with Crippen molar-refractivity contribution in [3.63, 3.8) is 0 Å². The maximum absolute atomic E-state index is 9.58. The molecule has 2 heterocycles. The second-order valence-corrected chi connectivity index (χ2v) is 7.65. The van der Waals surface area contributed by atoms with E-state index < -0.39 is 0 Å². The van der Waals surface area contributed by atoms with Crippen LogP contribution in [-0.4, -0.2) is 34.1 Å². The molecule has 6 heteroatoms. The zero-order valence-electron chi connectivity index (χ0n) is 9.26. The van der Waals surface area contributed by atoms with Crippen LogP contribution in [0.4, 0.5) is 0 Å². The predicted octanol–water partition coefficient (Wildman–Crippen LogP) is 1.95. The Morgan fingerprint density at radius 2 is 1.94 bits per heavy atom. The standard InChI is InChI=1S/C11H10N2O2SSe/c1-11(2)10-9(12-13-17-10)5-3-6(14)7(15)4-8(5)16-11/h3-4,14-15H,1-2H3. The Morgan fingerprint density at radius 3 is 2.71 bits per heavy atom. The first-order chi connectivity index (χ1) is 7.99. The molecule has 1 aromatic carbocycles. The van der Waals surface area contributed by atoms with Gasteiger partial charge in [0.25, 0.3) is 0 Å². The fraction of sp³-hybridized carbons (Fsp3) is 0.273. The van der Waals surface area contributed by atoms with Gasteiger partial charge in [0, 0.05) is 0 Å². The van der Waals surface area contributed by atoms with Gasteiger partial charge in [-0.25, -0.2) is 0 Å². The van der Waals surface area contributed by atoms with Crippen LogP contribution in [0.1, 0.15) is 18.3 Å². The van der Waals surface area contributed by atoms with E-state index in [4.69, 9.17) is 0 Å². The van der Waals surface area contributed by atoms with E-state index in [9.17, 15) is 10.2 Å². The molecule has 1 aromatic heterocycles. The van der Waals surface area contributed by atoms with Gasteiger partial charge in [0.15, 0.2) is 0 Å². The third-order valence-electron chi connectivity index (χ3n) is 2.73. The Balaban J connectivity index is 2.31. The quantitative estimate of drug-likeness (QED) is 0.575.